The molecule has 0 aliphatic rings. The fourth-order valence-corrected chi connectivity index (χ4v) is 2.15. The van der Waals surface area contributed by atoms with E-state index < -0.39 is 0 Å². The number of hydrogen-bond acceptors (Lipinski definition) is 6. The number of aromatic nitrogens is 2. The van der Waals surface area contributed by atoms with Gasteiger partial charge >= 0.3 is 0 Å². The van der Waals surface area contributed by atoms with Gasteiger partial charge in [-0.1, -0.05) is 23.4 Å². The molecule has 20 heavy (non-hydrogen) atoms. The summed E-state index contributed by atoms with van der Waals surface area (Å²) in [7, 11) is 0. The summed E-state index contributed by atoms with van der Waals surface area (Å²) in [6.45, 7) is 0.517. The van der Waals surface area contributed by atoms with Crippen LogP contribution in [0.1, 0.15) is 24.2 Å². The van der Waals surface area contributed by atoms with Crippen molar-refractivity contribution in [2.75, 3.05) is 18.6 Å². The molecule has 2 N–H and O–H groups in total. The summed E-state index contributed by atoms with van der Waals surface area (Å²) in [5.41, 5.74) is 5.97. The van der Waals surface area contributed by atoms with Crippen molar-refractivity contribution in [2.24, 2.45) is 5.73 Å². The number of thioether (sulfide) groups is 1. The number of para-hydroxylation sites is 1. The molecule has 1 atom stereocenters. The van der Waals surface area contributed by atoms with Crippen LogP contribution >= 0.6 is 11.8 Å². The lowest BCUT2D eigenvalue weighted by molar-refractivity contribution is 0.312. The van der Waals surface area contributed by atoms with Gasteiger partial charge in [0.2, 0.25) is 5.89 Å². The van der Waals surface area contributed by atoms with Crippen LogP contribution in [-0.2, 0) is 6.42 Å². The molecule has 2 aromatic rings. The first kappa shape index (κ1) is 14.9. The second-order valence-electron chi connectivity index (χ2n) is 4.35. The van der Waals surface area contributed by atoms with Crippen LogP contribution in [-0.4, -0.2) is 28.8 Å². The fraction of sp³-hybridized carbons (Fsp3) is 0.429. The van der Waals surface area contributed by atoms with Crippen LogP contribution in [0, 0.1) is 0 Å². The Bertz CT molecular complexity index is 504. The molecule has 2 rings (SSSR count). The summed E-state index contributed by atoms with van der Waals surface area (Å²) in [5, 5.41) is 3.92. The maximum Gasteiger partial charge on any atom is 0.243 e. The first-order valence-electron chi connectivity index (χ1n) is 6.54. The van der Waals surface area contributed by atoms with Crippen molar-refractivity contribution in [2.45, 2.75) is 18.9 Å². The predicted octanol–water partition coefficient (Wildman–Crippen LogP) is 2.44. The van der Waals surface area contributed by atoms with E-state index in [-0.39, 0.29) is 6.04 Å². The third kappa shape index (κ3) is 4.54. The van der Waals surface area contributed by atoms with E-state index in [1.165, 1.54) is 0 Å². The number of rotatable bonds is 8. The first-order valence-corrected chi connectivity index (χ1v) is 7.94. The number of nitrogens with two attached hydrogens (primary N) is 1. The molecule has 108 valence electrons. The van der Waals surface area contributed by atoms with E-state index in [1.807, 2.05) is 36.6 Å². The molecule has 0 aliphatic carbocycles. The summed E-state index contributed by atoms with van der Waals surface area (Å²) in [4.78, 5) is 4.30. The maximum atomic E-state index is 5.97. The average molecular weight is 293 g/mol. The smallest absolute Gasteiger partial charge is 0.243 e. The molecule has 0 saturated heterocycles. The summed E-state index contributed by atoms with van der Waals surface area (Å²) >= 11 is 1.75. The first-order chi connectivity index (χ1) is 9.79. The second-order valence-corrected chi connectivity index (χ2v) is 5.33. The van der Waals surface area contributed by atoms with Crippen molar-refractivity contribution < 1.29 is 9.26 Å². The number of nitrogens with zero attached hydrogens (tertiary/aromatic N) is 2. The van der Waals surface area contributed by atoms with Gasteiger partial charge in [-0.25, -0.2) is 0 Å². The highest BCUT2D eigenvalue weighted by Gasteiger charge is 2.14. The van der Waals surface area contributed by atoms with Gasteiger partial charge in [-0.3, -0.25) is 0 Å². The van der Waals surface area contributed by atoms with Crippen LogP contribution in [0.3, 0.4) is 0 Å². The van der Waals surface area contributed by atoms with E-state index in [0.717, 1.165) is 17.9 Å². The van der Waals surface area contributed by atoms with Gasteiger partial charge in [0.05, 0.1) is 12.6 Å². The minimum absolute atomic E-state index is 0.182. The topological polar surface area (TPSA) is 74.2 Å². The van der Waals surface area contributed by atoms with Crippen LogP contribution < -0.4 is 10.5 Å². The van der Waals surface area contributed by atoms with E-state index in [4.69, 9.17) is 15.0 Å². The molecule has 1 aromatic carbocycles. The van der Waals surface area contributed by atoms with E-state index in [1.54, 1.807) is 11.8 Å². The molecule has 1 aromatic heterocycles. The molecule has 0 saturated carbocycles. The SMILES string of the molecule is CSCCC(N)c1nc(CCOc2ccccc2)no1. The van der Waals surface area contributed by atoms with Crippen LogP contribution in [0.25, 0.3) is 0 Å². The molecule has 6 heteroatoms. The van der Waals surface area contributed by atoms with E-state index in [0.29, 0.717) is 24.7 Å². The van der Waals surface area contributed by atoms with Gasteiger partial charge in [-0.05, 0) is 30.6 Å². The van der Waals surface area contributed by atoms with Gasteiger partial charge in [0.25, 0.3) is 0 Å². The number of benzene rings is 1. The van der Waals surface area contributed by atoms with Gasteiger partial charge in [-0.15, -0.1) is 0 Å². The van der Waals surface area contributed by atoms with Gasteiger partial charge in [0.15, 0.2) is 5.82 Å². The Morgan fingerprint density at radius 1 is 1.35 bits per heavy atom. The molecule has 1 heterocycles. The number of ether oxygens (including phenoxy) is 1. The zero-order valence-electron chi connectivity index (χ0n) is 11.5. The molecule has 0 amide bonds. The highest BCUT2D eigenvalue weighted by molar-refractivity contribution is 7.98. The van der Waals surface area contributed by atoms with Gasteiger partial charge in [0.1, 0.15) is 5.75 Å². The van der Waals surface area contributed by atoms with Crippen LogP contribution in [0.2, 0.25) is 0 Å². The molecular formula is C14H19N3O2S. The summed E-state index contributed by atoms with van der Waals surface area (Å²) in [6.07, 6.45) is 3.49. The highest BCUT2D eigenvalue weighted by Crippen LogP contribution is 2.14. The molecule has 0 bridgehead atoms. The van der Waals surface area contributed by atoms with Crippen molar-refractivity contribution >= 4 is 11.8 Å². The van der Waals surface area contributed by atoms with Gasteiger partial charge < -0.3 is 15.0 Å². The quantitative estimate of drug-likeness (QED) is 0.806. The largest absolute Gasteiger partial charge is 0.493 e. The third-order valence-electron chi connectivity index (χ3n) is 2.77. The maximum absolute atomic E-state index is 5.97. The Kier molecular flexibility index (Phi) is 5.88. The van der Waals surface area contributed by atoms with E-state index in [9.17, 15) is 0 Å². The Morgan fingerprint density at radius 2 is 2.15 bits per heavy atom. The Labute approximate surface area is 122 Å². The molecule has 0 aliphatic heterocycles. The standard InChI is InChI=1S/C14H19N3O2S/c1-20-10-8-12(15)14-16-13(17-19-14)7-9-18-11-5-3-2-4-6-11/h2-6,12H,7-10,15H2,1H3. The van der Waals surface area contributed by atoms with Crippen molar-refractivity contribution in [1.82, 2.24) is 10.1 Å². The highest BCUT2D eigenvalue weighted by atomic mass is 32.2. The fourth-order valence-electron chi connectivity index (χ4n) is 1.66. The Morgan fingerprint density at radius 3 is 2.90 bits per heavy atom. The van der Waals surface area contributed by atoms with Crippen molar-refractivity contribution in [1.29, 1.82) is 0 Å². The summed E-state index contributed by atoms with van der Waals surface area (Å²) in [6, 6.07) is 9.48. The lowest BCUT2D eigenvalue weighted by atomic mass is 10.2. The Balaban J connectivity index is 1.78. The van der Waals surface area contributed by atoms with Crippen molar-refractivity contribution in [3.63, 3.8) is 0 Å². The lowest BCUT2D eigenvalue weighted by Crippen LogP contribution is -2.12. The van der Waals surface area contributed by atoms with Gasteiger partial charge in [0, 0.05) is 6.42 Å². The average Bonchev–Trinajstić information content (AvgIpc) is 2.95. The van der Waals surface area contributed by atoms with Crippen molar-refractivity contribution in [3.05, 3.63) is 42.0 Å². The zero-order valence-corrected chi connectivity index (χ0v) is 12.3. The minimum atomic E-state index is -0.182. The minimum Gasteiger partial charge on any atom is -0.493 e. The molecule has 0 radical (unpaired) electrons. The monoisotopic (exact) mass is 293 g/mol. The third-order valence-corrected chi connectivity index (χ3v) is 3.42. The van der Waals surface area contributed by atoms with Gasteiger partial charge in [-0.2, -0.15) is 16.7 Å². The normalized spacial score (nSPS) is 12.3. The van der Waals surface area contributed by atoms with Crippen LogP contribution in [0.15, 0.2) is 34.9 Å². The molecule has 1 unspecified atom stereocenters. The Hall–Kier alpha value is -1.53. The van der Waals surface area contributed by atoms with Crippen LogP contribution in [0.5, 0.6) is 5.75 Å². The second kappa shape index (κ2) is 7.91. The predicted molar refractivity (Wildman–Crippen MR) is 79.9 cm³/mol. The zero-order chi connectivity index (χ0) is 14.2. The molecule has 0 spiro atoms. The van der Waals surface area contributed by atoms with E-state index in [2.05, 4.69) is 10.1 Å². The molecule has 5 nitrogen and oxygen atoms in total. The number of hydrogen-bond donors (Lipinski definition) is 1. The molecular weight excluding hydrogens is 274 g/mol. The lowest BCUT2D eigenvalue weighted by Gasteiger charge is -2.04. The molecule has 0 fully saturated rings. The van der Waals surface area contributed by atoms with E-state index >= 15 is 0 Å². The summed E-state index contributed by atoms with van der Waals surface area (Å²) < 4.78 is 10.8. The van der Waals surface area contributed by atoms with Crippen molar-refractivity contribution in [3.8, 4) is 5.75 Å². The summed E-state index contributed by atoms with van der Waals surface area (Å²) in [5.74, 6) is 2.97. The van der Waals surface area contributed by atoms with Crippen LogP contribution in [0.4, 0.5) is 0 Å².